The van der Waals surface area contributed by atoms with E-state index in [9.17, 15) is 0 Å². The lowest BCUT2D eigenvalue weighted by Crippen LogP contribution is -2.36. The van der Waals surface area contributed by atoms with Crippen molar-refractivity contribution in [3.63, 3.8) is 0 Å². The molecule has 0 aromatic carbocycles. The average molecular weight is 264 g/mol. The first-order valence-electron chi connectivity index (χ1n) is 5.99. The van der Waals surface area contributed by atoms with Gasteiger partial charge in [0.1, 0.15) is 0 Å². The van der Waals surface area contributed by atoms with Crippen molar-refractivity contribution in [2.45, 2.75) is 19.9 Å². The summed E-state index contributed by atoms with van der Waals surface area (Å²) in [6, 6.07) is 1.80. The van der Waals surface area contributed by atoms with Gasteiger partial charge < -0.3 is 0 Å². The lowest BCUT2D eigenvalue weighted by atomic mass is 10.1. The molecular formula is C12H14ClN5. The molecular weight excluding hydrogens is 250 g/mol. The summed E-state index contributed by atoms with van der Waals surface area (Å²) < 4.78 is 1.76. The Balaban J connectivity index is 1.86. The molecule has 6 heteroatoms. The van der Waals surface area contributed by atoms with Crippen molar-refractivity contribution in [2.24, 2.45) is 0 Å². The molecule has 2 aromatic heterocycles. The van der Waals surface area contributed by atoms with E-state index in [-0.39, 0.29) is 5.28 Å². The summed E-state index contributed by atoms with van der Waals surface area (Å²) in [6.45, 7) is 5.35. The minimum Gasteiger partial charge on any atom is -0.299 e. The predicted molar refractivity (Wildman–Crippen MR) is 68.8 cm³/mol. The summed E-state index contributed by atoms with van der Waals surface area (Å²) in [6.07, 6.45) is 4.96. The molecule has 0 N–H and O–H groups in total. The highest BCUT2D eigenvalue weighted by Gasteiger charge is 2.16. The van der Waals surface area contributed by atoms with Crippen LogP contribution in [0.25, 0.3) is 5.82 Å². The summed E-state index contributed by atoms with van der Waals surface area (Å²) in [5.74, 6) is 0.702. The van der Waals surface area contributed by atoms with Crippen LogP contribution in [-0.4, -0.2) is 37.7 Å². The van der Waals surface area contributed by atoms with Gasteiger partial charge in [-0.25, -0.2) is 9.67 Å². The second kappa shape index (κ2) is 4.66. The zero-order chi connectivity index (χ0) is 12.5. The molecule has 0 unspecified atom stereocenters. The maximum absolute atomic E-state index is 5.79. The highest BCUT2D eigenvalue weighted by atomic mass is 35.5. The second-order valence-corrected chi connectivity index (χ2v) is 4.84. The Hall–Kier alpha value is -1.46. The third kappa shape index (κ3) is 2.23. The van der Waals surface area contributed by atoms with Gasteiger partial charge in [-0.05, 0) is 38.0 Å². The van der Waals surface area contributed by atoms with Gasteiger partial charge in [-0.15, -0.1) is 0 Å². The van der Waals surface area contributed by atoms with Crippen LogP contribution in [0.3, 0.4) is 0 Å². The number of aromatic nitrogens is 4. The molecule has 5 nitrogen and oxygen atoms in total. The topological polar surface area (TPSA) is 46.8 Å². The number of hydrogen-bond donors (Lipinski definition) is 0. The van der Waals surface area contributed by atoms with E-state index in [0.717, 1.165) is 12.2 Å². The van der Waals surface area contributed by atoms with Crippen LogP contribution in [0.15, 0.2) is 18.5 Å². The number of likely N-dealkylation sites (tertiary alicyclic amines) is 1. The number of rotatable bonds is 3. The summed E-state index contributed by atoms with van der Waals surface area (Å²) in [4.78, 5) is 10.4. The zero-order valence-electron chi connectivity index (χ0n) is 10.2. The molecule has 3 heterocycles. The van der Waals surface area contributed by atoms with E-state index in [2.05, 4.69) is 20.0 Å². The fourth-order valence-electron chi connectivity index (χ4n) is 2.00. The van der Waals surface area contributed by atoms with Gasteiger partial charge in [0.05, 0.1) is 5.69 Å². The normalized spacial score (nSPS) is 15.7. The van der Waals surface area contributed by atoms with Crippen molar-refractivity contribution in [1.82, 2.24) is 24.6 Å². The highest BCUT2D eigenvalue weighted by molar-refractivity contribution is 6.28. The summed E-state index contributed by atoms with van der Waals surface area (Å²) >= 11 is 5.79. The van der Waals surface area contributed by atoms with Crippen molar-refractivity contribution in [1.29, 1.82) is 0 Å². The third-order valence-electron chi connectivity index (χ3n) is 3.19. The van der Waals surface area contributed by atoms with E-state index in [1.165, 1.54) is 25.1 Å². The lowest BCUT2D eigenvalue weighted by molar-refractivity contribution is 0.172. The Bertz CT molecular complexity index is 561. The van der Waals surface area contributed by atoms with Gasteiger partial charge in [0, 0.05) is 30.6 Å². The van der Waals surface area contributed by atoms with E-state index in [1.807, 2.05) is 13.1 Å². The van der Waals surface area contributed by atoms with Crippen molar-refractivity contribution in [2.75, 3.05) is 13.1 Å². The monoisotopic (exact) mass is 263 g/mol. The molecule has 1 aliphatic heterocycles. The number of aryl methyl sites for hydroxylation is 1. The molecule has 0 saturated carbocycles. The van der Waals surface area contributed by atoms with E-state index in [0.29, 0.717) is 5.82 Å². The number of halogens is 1. The molecule has 18 heavy (non-hydrogen) atoms. The Morgan fingerprint density at radius 3 is 2.89 bits per heavy atom. The van der Waals surface area contributed by atoms with Crippen molar-refractivity contribution in [3.05, 3.63) is 35.0 Å². The summed E-state index contributed by atoms with van der Waals surface area (Å²) in [7, 11) is 0. The van der Waals surface area contributed by atoms with Gasteiger partial charge in [0.25, 0.3) is 0 Å². The van der Waals surface area contributed by atoms with Crippen LogP contribution in [-0.2, 0) is 6.54 Å². The SMILES string of the molecule is Cc1nn(-c2ccnc(Cl)n2)cc1CN1CCC1. The second-order valence-electron chi connectivity index (χ2n) is 4.50. The van der Waals surface area contributed by atoms with Crippen molar-refractivity contribution in [3.8, 4) is 5.82 Å². The fraction of sp³-hybridized carbons (Fsp3) is 0.417. The van der Waals surface area contributed by atoms with Crippen LogP contribution in [0.4, 0.5) is 0 Å². The van der Waals surface area contributed by atoms with Crippen LogP contribution < -0.4 is 0 Å². The minimum atomic E-state index is 0.241. The van der Waals surface area contributed by atoms with E-state index in [4.69, 9.17) is 11.6 Å². The first-order valence-corrected chi connectivity index (χ1v) is 6.36. The van der Waals surface area contributed by atoms with Gasteiger partial charge in [-0.3, -0.25) is 4.90 Å². The molecule has 94 valence electrons. The van der Waals surface area contributed by atoms with Crippen LogP contribution in [0.2, 0.25) is 5.28 Å². The maximum atomic E-state index is 5.79. The average Bonchev–Trinajstić information content (AvgIpc) is 2.65. The van der Waals surface area contributed by atoms with E-state index < -0.39 is 0 Å². The van der Waals surface area contributed by atoms with E-state index in [1.54, 1.807) is 16.9 Å². The smallest absolute Gasteiger partial charge is 0.224 e. The highest BCUT2D eigenvalue weighted by Crippen LogP contribution is 2.16. The zero-order valence-corrected chi connectivity index (χ0v) is 10.9. The Morgan fingerprint density at radius 1 is 1.39 bits per heavy atom. The minimum absolute atomic E-state index is 0.241. The Kier molecular flexibility index (Phi) is 3.01. The third-order valence-corrected chi connectivity index (χ3v) is 3.37. The van der Waals surface area contributed by atoms with Gasteiger partial charge in [0.2, 0.25) is 5.28 Å². The molecule has 0 atom stereocenters. The summed E-state index contributed by atoms with van der Waals surface area (Å²) in [5, 5.41) is 4.72. The first kappa shape index (κ1) is 11.6. The molecule has 1 fully saturated rings. The van der Waals surface area contributed by atoms with Gasteiger partial charge in [-0.2, -0.15) is 10.1 Å². The molecule has 0 radical (unpaired) electrons. The molecule has 0 spiro atoms. The predicted octanol–water partition coefficient (Wildman–Crippen LogP) is 1.83. The van der Waals surface area contributed by atoms with Gasteiger partial charge in [-0.1, -0.05) is 0 Å². The Morgan fingerprint density at radius 2 is 2.22 bits per heavy atom. The molecule has 1 saturated heterocycles. The van der Waals surface area contributed by atoms with Crippen LogP contribution >= 0.6 is 11.6 Å². The molecule has 2 aromatic rings. The van der Waals surface area contributed by atoms with Crippen molar-refractivity contribution >= 4 is 11.6 Å². The van der Waals surface area contributed by atoms with Gasteiger partial charge >= 0.3 is 0 Å². The van der Waals surface area contributed by atoms with Crippen LogP contribution in [0.5, 0.6) is 0 Å². The molecule has 0 aliphatic carbocycles. The fourth-order valence-corrected chi connectivity index (χ4v) is 2.15. The lowest BCUT2D eigenvalue weighted by Gasteiger charge is -2.30. The molecule has 0 amide bonds. The standard InChI is InChI=1S/C12H14ClN5/c1-9-10(7-17-5-2-6-17)8-18(16-9)11-3-4-14-12(13)15-11/h3-4,8H,2,5-7H2,1H3. The van der Waals surface area contributed by atoms with Crippen LogP contribution in [0.1, 0.15) is 17.7 Å². The number of nitrogens with zero attached hydrogens (tertiary/aromatic N) is 5. The molecule has 0 bridgehead atoms. The largest absolute Gasteiger partial charge is 0.299 e. The van der Waals surface area contributed by atoms with Crippen LogP contribution in [0, 0.1) is 6.92 Å². The molecule has 1 aliphatic rings. The number of hydrogen-bond acceptors (Lipinski definition) is 4. The quantitative estimate of drug-likeness (QED) is 0.793. The van der Waals surface area contributed by atoms with E-state index >= 15 is 0 Å². The Labute approximate surface area is 110 Å². The maximum Gasteiger partial charge on any atom is 0.224 e. The van der Waals surface area contributed by atoms with Gasteiger partial charge in [0.15, 0.2) is 5.82 Å². The first-order chi connectivity index (χ1) is 8.72. The summed E-state index contributed by atoms with van der Waals surface area (Å²) in [5.41, 5.74) is 2.28. The van der Waals surface area contributed by atoms with Crippen molar-refractivity contribution < 1.29 is 0 Å². The molecule has 3 rings (SSSR count).